The van der Waals surface area contributed by atoms with Gasteiger partial charge < -0.3 is 20.1 Å². The number of hydrogen-bond acceptors (Lipinski definition) is 4. The van der Waals surface area contributed by atoms with Gasteiger partial charge in [-0.1, -0.05) is 24.6 Å². The first kappa shape index (κ1) is 16.5. The topological polar surface area (TPSA) is 59.6 Å². The van der Waals surface area contributed by atoms with Gasteiger partial charge in [-0.25, -0.2) is 0 Å². The summed E-state index contributed by atoms with van der Waals surface area (Å²) in [6, 6.07) is 10.8. The van der Waals surface area contributed by atoms with Gasteiger partial charge in [0.05, 0.1) is 19.3 Å². The monoisotopic (exact) mass is 346 g/mol. The molecule has 0 spiro atoms. The number of hydrogen-bond donors (Lipinski definition) is 2. The van der Waals surface area contributed by atoms with Crippen molar-refractivity contribution >= 4 is 23.2 Å². The summed E-state index contributed by atoms with van der Waals surface area (Å²) in [4.78, 5) is 12.3. The standard InChI is InChI=1S/C18H19ClN2O3/c1-3-8-24-15-7-4-11(9-16(15)23-2)17-20-14-6-5-12(19)10-13(14)18(22)21-17/h4-7,9-10,17,20H,3,8H2,1-2H3,(H,21,22). The van der Waals surface area contributed by atoms with Gasteiger partial charge in [-0.2, -0.15) is 0 Å². The summed E-state index contributed by atoms with van der Waals surface area (Å²) in [6.07, 6.45) is 0.574. The molecule has 0 radical (unpaired) electrons. The molecule has 1 atom stereocenters. The van der Waals surface area contributed by atoms with E-state index in [4.69, 9.17) is 21.1 Å². The maximum atomic E-state index is 12.3. The summed E-state index contributed by atoms with van der Waals surface area (Å²) in [5.41, 5.74) is 2.16. The number of carbonyl (C=O) groups excluding carboxylic acids is 1. The van der Waals surface area contributed by atoms with Crippen molar-refractivity contribution in [2.75, 3.05) is 19.0 Å². The first-order chi connectivity index (χ1) is 11.6. The summed E-state index contributed by atoms with van der Waals surface area (Å²) < 4.78 is 11.1. The van der Waals surface area contributed by atoms with Gasteiger partial charge in [-0.3, -0.25) is 4.79 Å². The minimum Gasteiger partial charge on any atom is -0.493 e. The van der Waals surface area contributed by atoms with E-state index in [1.54, 1.807) is 25.3 Å². The van der Waals surface area contributed by atoms with Crippen LogP contribution in [0.1, 0.15) is 35.4 Å². The molecule has 1 amide bonds. The summed E-state index contributed by atoms with van der Waals surface area (Å²) in [7, 11) is 1.60. The van der Waals surface area contributed by atoms with Gasteiger partial charge in [0.25, 0.3) is 5.91 Å². The first-order valence-electron chi connectivity index (χ1n) is 7.80. The van der Waals surface area contributed by atoms with Crippen molar-refractivity contribution in [2.24, 2.45) is 0 Å². The molecule has 0 aliphatic carbocycles. The molecule has 126 valence electrons. The van der Waals surface area contributed by atoms with Crippen LogP contribution in [0, 0.1) is 0 Å². The van der Waals surface area contributed by atoms with Crippen molar-refractivity contribution in [3.05, 3.63) is 52.5 Å². The highest BCUT2D eigenvalue weighted by molar-refractivity contribution is 6.31. The van der Waals surface area contributed by atoms with Crippen LogP contribution in [0.5, 0.6) is 11.5 Å². The number of anilines is 1. The summed E-state index contributed by atoms with van der Waals surface area (Å²) >= 11 is 5.96. The molecule has 0 saturated carbocycles. The third kappa shape index (κ3) is 3.26. The largest absolute Gasteiger partial charge is 0.493 e. The summed E-state index contributed by atoms with van der Waals surface area (Å²) in [6.45, 7) is 2.67. The summed E-state index contributed by atoms with van der Waals surface area (Å²) in [5, 5.41) is 6.75. The average molecular weight is 347 g/mol. The van der Waals surface area contributed by atoms with E-state index in [0.717, 1.165) is 17.7 Å². The fraction of sp³-hybridized carbons (Fsp3) is 0.278. The fourth-order valence-electron chi connectivity index (χ4n) is 2.59. The van der Waals surface area contributed by atoms with Gasteiger partial charge in [-0.15, -0.1) is 0 Å². The quantitative estimate of drug-likeness (QED) is 0.859. The molecule has 1 unspecified atom stereocenters. The number of benzene rings is 2. The van der Waals surface area contributed by atoms with Gasteiger partial charge in [-0.05, 0) is 42.3 Å². The van der Waals surface area contributed by atoms with E-state index >= 15 is 0 Å². The second kappa shape index (κ2) is 7.01. The lowest BCUT2D eigenvalue weighted by Gasteiger charge is -2.28. The Bertz CT molecular complexity index is 764. The van der Waals surface area contributed by atoms with E-state index in [9.17, 15) is 4.79 Å². The van der Waals surface area contributed by atoms with Gasteiger partial charge in [0.1, 0.15) is 6.17 Å². The molecule has 0 bridgehead atoms. The zero-order chi connectivity index (χ0) is 17.1. The molecule has 6 heteroatoms. The molecular weight excluding hydrogens is 328 g/mol. The zero-order valence-corrected chi connectivity index (χ0v) is 14.3. The molecule has 0 saturated heterocycles. The van der Waals surface area contributed by atoms with Crippen molar-refractivity contribution in [1.82, 2.24) is 5.32 Å². The van der Waals surface area contributed by atoms with Crippen molar-refractivity contribution in [2.45, 2.75) is 19.5 Å². The van der Waals surface area contributed by atoms with Crippen molar-refractivity contribution < 1.29 is 14.3 Å². The normalized spacial score (nSPS) is 16.0. The van der Waals surface area contributed by atoms with Crippen LogP contribution < -0.4 is 20.1 Å². The highest BCUT2D eigenvalue weighted by Gasteiger charge is 2.25. The van der Waals surface area contributed by atoms with E-state index in [1.165, 1.54) is 0 Å². The van der Waals surface area contributed by atoms with Crippen LogP contribution in [-0.2, 0) is 0 Å². The Balaban J connectivity index is 1.87. The first-order valence-corrected chi connectivity index (χ1v) is 8.18. The van der Waals surface area contributed by atoms with Crippen LogP contribution in [0.25, 0.3) is 0 Å². The average Bonchev–Trinajstić information content (AvgIpc) is 2.60. The zero-order valence-electron chi connectivity index (χ0n) is 13.6. The molecule has 1 aliphatic rings. The van der Waals surface area contributed by atoms with E-state index in [1.807, 2.05) is 25.1 Å². The maximum absolute atomic E-state index is 12.3. The van der Waals surface area contributed by atoms with Crippen LogP contribution in [0.2, 0.25) is 5.02 Å². The predicted octanol–water partition coefficient (Wildman–Crippen LogP) is 3.99. The van der Waals surface area contributed by atoms with Gasteiger partial charge >= 0.3 is 0 Å². The molecule has 0 aromatic heterocycles. The third-order valence-electron chi connectivity index (χ3n) is 3.78. The second-order valence-electron chi connectivity index (χ2n) is 5.50. The molecule has 2 aromatic carbocycles. The highest BCUT2D eigenvalue weighted by atomic mass is 35.5. The Morgan fingerprint density at radius 3 is 2.71 bits per heavy atom. The van der Waals surface area contributed by atoms with Crippen LogP contribution in [0.4, 0.5) is 5.69 Å². The molecule has 0 fully saturated rings. The van der Waals surface area contributed by atoms with Crippen LogP contribution >= 0.6 is 11.6 Å². The van der Waals surface area contributed by atoms with E-state index in [0.29, 0.717) is 28.7 Å². The summed E-state index contributed by atoms with van der Waals surface area (Å²) in [5.74, 6) is 1.16. The van der Waals surface area contributed by atoms with Crippen LogP contribution in [0.3, 0.4) is 0 Å². The molecule has 1 aliphatic heterocycles. The van der Waals surface area contributed by atoms with Crippen LogP contribution in [-0.4, -0.2) is 19.6 Å². The lowest BCUT2D eigenvalue weighted by atomic mass is 10.1. The number of nitrogens with one attached hydrogen (secondary N) is 2. The molecule has 2 aromatic rings. The number of halogens is 1. The van der Waals surface area contributed by atoms with Gasteiger partial charge in [0.2, 0.25) is 0 Å². The van der Waals surface area contributed by atoms with E-state index < -0.39 is 0 Å². The van der Waals surface area contributed by atoms with E-state index in [-0.39, 0.29) is 12.1 Å². The number of fused-ring (bicyclic) bond motifs is 1. The molecule has 3 rings (SSSR count). The molecular formula is C18H19ClN2O3. The molecule has 2 N–H and O–H groups in total. The lowest BCUT2D eigenvalue weighted by molar-refractivity contribution is 0.0935. The highest BCUT2D eigenvalue weighted by Crippen LogP contribution is 2.33. The Labute approximate surface area is 145 Å². The second-order valence-corrected chi connectivity index (χ2v) is 5.94. The Kier molecular flexibility index (Phi) is 4.81. The van der Waals surface area contributed by atoms with Crippen molar-refractivity contribution in [1.29, 1.82) is 0 Å². The van der Waals surface area contributed by atoms with E-state index in [2.05, 4.69) is 10.6 Å². The predicted molar refractivity (Wildman–Crippen MR) is 94.1 cm³/mol. The van der Waals surface area contributed by atoms with Crippen LogP contribution in [0.15, 0.2) is 36.4 Å². The number of carbonyl (C=O) groups is 1. The Hall–Kier alpha value is -2.40. The van der Waals surface area contributed by atoms with Gasteiger partial charge in [0, 0.05) is 10.7 Å². The number of methoxy groups -OCH3 is 1. The molecule has 1 heterocycles. The number of amides is 1. The van der Waals surface area contributed by atoms with Crippen molar-refractivity contribution in [3.8, 4) is 11.5 Å². The lowest BCUT2D eigenvalue weighted by Crippen LogP contribution is -2.38. The Morgan fingerprint density at radius 2 is 1.96 bits per heavy atom. The molecule has 5 nitrogen and oxygen atoms in total. The minimum absolute atomic E-state index is 0.165. The molecule has 24 heavy (non-hydrogen) atoms. The maximum Gasteiger partial charge on any atom is 0.255 e. The fourth-order valence-corrected chi connectivity index (χ4v) is 2.76. The third-order valence-corrected chi connectivity index (χ3v) is 4.02. The Morgan fingerprint density at radius 1 is 1.12 bits per heavy atom. The number of rotatable bonds is 5. The smallest absolute Gasteiger partial charge is 0.255 e. The van der Waals surface area contributed by atoms with Crippen molar-refractivity contribution in [3.63, 3.8) is 0 Å². The minimum atomic E-state index is -0.347. The SMILES string of the molecule is CCCOc1ccc(C2NC(=O)c3cc(Cl)ccc3N2)cc1OC. The number of ether oxygens (including phenoxy) is 2. The van der Waals surface area contributed by atoms with Gasteiger partial charge in [0.15, 0.2) is 11.5 Å².